The second-order valence-electron chi connectivity index (χ2n) is 6.73. The molecule has 1 aromatic carbocycles. The molecule has 1 aromatic heterocycles. The van der Waals surface area contributed by atoms with Crippen molar-refractivity contribution in [1.82, 2.24) is 9.97 Å². The van der Waals surface area contributed by atoms with Gasteiger partial charge in [0, 0.05) is 51.0 Å². The minimum atomic E-state index is -0.297. The van der Waals surface area contributed by atoms with Crippen molar-refractivity contribution in [2.75, 3.05) is 49.2 Å². The van der Waals surface area contributed by atoms with Gasteiger partial charge in [0.2, 0.25) is 0 Å². The van der Waals surface area contributed by atoms with Gasteiger partial charge in [-0.05, 0) is 37.1 Å². The Morgan fingerprint density at radius 2 is 1.54 bits per heavy atom. The molecule has 0 bridgehead atoms. The van der Waals surface area contributed by atoms with Crippen molar-refractivity contribution < 1.29 is 13.5 Å². The molecule has 0 radical (unpaired) electrons. The van der Waals surface area contributed by atoms with Gasteiger partial charge in [-0.1, -0.05) is 0 Å². The molecule has 4 rings (SSSR count). The SMILES string of the molecule is Fc1ccc(N2CCN(c3ncnc(C4CCOCC4)c3F)CC2)cc1. The first kappa shape index (κ1) is 17.1. The second-order valence-corrected chi connectivity index (χ2v) is 6.73. The predicted octanol–water partition coefficient (Wildman–Crippen LogP) is 2.98. The summed E-state index contributed by atoms with van der Waals surface area (Å²) < 4.78 is 33.5. The van der Waals surface area contributed by atoms with Gasteiger partial charge in [0.1, 0.15) is 12.1 Å². The molecule has 3 heterocycles. The summed E-state index contributed by atoms with van der Waals surface area (Å²) in [6, 6.07) is 6.48. The molecule has 2 saturated heterocycles. The summed E-state index contributed by atoms with van der Waals surface area (Å²) in [5.41, 5.74) is 1.50. The normalized spacial score (nSPS) is 19.0. The van der Waals surface area contributed by atoms with Crippen LogP contribution in [0.15, 0.2) is 30.6 Å². The zero-order valence-corrected chi connectivity index (χ0v) is 14.6. The molecule has 0 amide bonds. The summed E-state index contributed by atoms with van der Waals surface area (Å²) in [5.74, 6) is -0.0445. The van der Waals surface area contributed by atoms with Gasteiger partial charge in [-0.3, -0.25) is 0 Å². The Morgan fingerprint density at radius 1 is 0.885 bits per heavy atom. The highest BCUT2D eigenvalue weighted by Gasteiger charge is 2.26. The van der Waals surface area contributed by atoms with Gasteiger partial charge in [-0.25, -0.2) is 18.7 Å². The van der Waals surface area contributed by atoms with Gasteiger partial charge in [-0.15, -0.1) is 0 Å². The lowest BCUT2D eigenvalue weighted by Gasteiger charge is -2.37. The lowest BCUT2D eigenvalue weighted by atomic mass is 9.96. The van der Waals surface area contributed by atoms with Crippen molar-refractivity contribution in [2.24, 2.45) is 0 Å². The number of nitrogens with zero attached hydrogens (tertiary/aromatic N) is 4. The molecule has 138 valence electrons. The molecule has 7 heteroatoms. The second kappa shape index (κ2) is 7.53. The Hall–Kier alpha value is -2.28. The fourth-order valence-corrected chi connectivity index (χ4v) is 3.68. The smallest absolute Gasteiger partial charge is 0.187 e. The highest BCUT2D eigenvalue weighted by molar-refractivity contribution is 5.50. The minimum absolute atomic E-state index is 0.103. The van der Waals surface area contributed by atoms with E-state index in [1.54, 1.807) is 12.1 Å². The minimum Gasteiger partial charge on any atom is -0.381 e. The van der Waals surface area contributed by atoms with E-state index in [-0.39, 0.29) is 17.6 Å². The maximum Gasteiger partial charge on any atom is 0.187 e. The Balaban J connectivity index is 1.46. The van der Waals surface area contributed by atoms with Gasteiger partial charge in [0.05, 0.1) is 5.69 Å². The summed E-state index contributed by atoms with van der Waals surface area (Å²) in [5, 5.41) is 0. The first-order valence-electron chi connectivity index (χ1n) is 9.06. The van der Waals surface area contributed by atoms with Gasteiger partial charge in [0.15, 0.2) is 11.6 Å². The molecule has 5 nitrogen and oxygen atoms in total. The van der Waals surface area contributed by atoms with Crippen molar-refractivity contribution in [2.45, 2.75) is 18.8 Å². The molecule has 2 fully saturated rings. The first-order chi connectivity index (χ1) is 12.7. The topological polar surface area (TPSA) is 41.5 Å². The largest absolute Gasteiger partial charge is 0.381 e. The summed E-state index contributed by atoms with van der Waals surface area (Å²) in [6.07, 6.45) is 3.06. The summed E-state index contributed by atoms with van der Waals surface area (Å²) in [4.78, 5) is 12.6. The number of ether oxygens (including phenoxy) is 1. The van der Waals surface area contributed by atoms with E-state index in [0.717, 1.165) is 31.6 Å². The van der Waals surface area contributed by atoms with Crippen LogP contribution in [0.5, 0.6) is 0 Å². The average Bonchev–Trinajstić information content (AvgIpc) is 2.70. The Kier molecular flexibility index (Phi) is 4.97. The van der Waals surface area contributed by atoms with Crippen LogP contribution >= 0.6 is 0 Å². The lowest BCUT2D eigenvalue weighted by Crippen LogP contribution is -2.47. The van der Waals surface area contributed by atoms with Gasteiger partial charge >= 0.3 is 0 Å². The highest BCUT2D eigenvalue weighted by Crippen LogP contribution is 2.30. The van der Waals surface area contributed by atoms with Crippen LogP contribution in [0.1, 0.15) is 24.5 Å². The van der Waals surface area contributed by atoms with Crippen LogP contribution in [0, 0.1) is 11.6 Å². The van der Waals surface area contributed by atoms with E-state index in [0.29, 0.717) is 37.8 Å². The van der Waals surface area contributed by atoms with E-state index < -0.39 is 0 Å². The maximum atomic E-state index is 15.0. The van der Waals surface area contributed by atoms with Crippen LogP contribution in [-0.2, 0) is 4.74 Å². The van der Waals surface area contributed by atoms with Gasteiger partial charge in [0.25, 0.3) is 0 Å². The standard InChI is InChI=1S/C19H22F2N4O/c20-15-1-3-16(4-2-15)24-7-9-25(10-8-24)19-17(21)18(22-13-23-19)14-5-11-26-12-6-14/h1-4,13-14H,5-12H2. The van der Waals surface area contributed by atoms with Gasteiger partial charge < -0.3 is 14.5 Å². The number of rotatable bonds is 3. The summed E-state index contributed by atoms with van der Waals surface area (Å²) in [6.45, 7) is 4.11. The molecule has 2 aromatic rings. The monoisotopic (exact) mass is 360 g/mol. The van der Waals surface area contributed by atoms with Crippen LogP contribution in [0.3, 0.4) is 0 Å². The number of hydrogen-bond acceptors (Lipinski definition) is 5. The molecular formula is C19H22F2N4O. The lowest BCUT2D eigenvalue weighted by molar-refractivity contribution is 0.0836. The van der Waals surface area contributed by atoms with E-state index in [4.69, 9.17) is 4.74 Å². The van der Waals surface area contributed by atoms with E-state index in [1.807, 2.05) is 4.90 Å². The molecule has 0 aliphatic carbocycles. The Morgan fingerprint density at radius 3 is 2.23 bits per heavy atom. The summed E-state index contributed by atoms with van der Waals surface area (Å²) in [7, 11) is 0. The fourth-order valence-electron chi connectivity index (χ4n) is 3.68. The van der Waals surface area contributed by atoms with Crippen molar-refractivity contribution in [1.29, 1.82) is 0 Å². The summed E-state index contributed by atoms with van der Waals surface area (Å²) >= 11 is 0. The molecular weight excluding hydrogens is 338 g/mol. The molecule has 26 heavy (non-hydrogen) atoms. The van der Waals surface area contributed by atoms with Crippen molar-refractivity contribution in [3.05, 3.63) is 47.9 Å². The Bertz CT molecular complexity index is 742. The fraction of sp³-hybridized carbons (Fsp3) is 0.474. The average molecular weight is 360 g/mol. The molecule has 0 atom stereocenters. The van der Waals surface area contributed by atoms with Crippen molar-refractivity contribution >= 4 is 11.5 Å². The van der Waals surface area contributed by atoms with E-state index in [2.05, 4.69) is 14.9 Å². The number of anilines is 2. The zero-order valence-electron chi connectivity index (χ0n) is 14.6. The first-order valence-corrected chi connectivity index (χ1v) is 9.06. The van der Waals surface area contributed by atoms with Gasteiger partial charge in [-0.2, -0.15) is 0 Å². The van der Waals surface area contributed by atoms with Crippen LogP contribution in [0.2, 0.25) is 0 Å². The third-order valence-electron chi connectivity index (χ3n) is 5.18. The number of aromatic nitrogens is 2. The molecule has 2 aliphatic heterocycles. The van der Waals surface area contributed by atoms with Crippen molar-refractivity contribution in [3.8, 4) is 0 Å². The molecule has 0 unspecified atom stereocenters. The number of benzene rings is 1. The third kappa shape index (κ3) is 3.49. The molecule has 2 aliphatic rings. The maximum absolute atomic E-state index is 15.0. The number of piperazine rings is 1. The van der Waals surface area contributed by atoms with E-state index in [1.165, 1.54) is 18.5 Å². The third-order valence-corrected chi connectivity index (χ3v) is 5.18. The van der Waals surface area contributed by atoms with Crippen LogP contribution < -0.4 is 9.80 Å². The van der Waals surface area contributed by atoms with Crippen LogP contribution in [0.25, 0.3) is 0 Å². The van der Waals surface area contributed by atoms with Crippen LogP contribution in [-0.4, -0.2) is 49.4 Å². The highest BCUT2D eigenvalue weighted by atomic mass is 19.1. The quantitative estimate of drug-likeness (QED) is 0.842. The number of hydrogen-bond donors (Lipinski definition) is 0. The van der Waals surface area contributed by atoms with Crippen molar-refractivity contribution in [3.63, 3.8) is 0 Å². The molecule has 0 N–H and O–H groups in total. The van der Waals surface area contributed by atoms with E-state index >= 15 is 4.39 Å². The van der Waals surface area contributed by atoms with E-state index in [9.17, 15) is 4.39 Å². The van der Waals surface area contributed by atoms with Crippen LogP contribution in [0.4, 0.5) is 20.3 Å². The Labute approximate surface area is 151 Å². The molecule has 0 spiro atoms. The predicted molar refractivity (Wildman–Crippen MR) is 95.6 cm³/mol. The zero-order chi connectivity index (χ0) is 17.9. The molecule has 0 saturated carbocycles. The number of halogens is 2.